The Balaban J connectivity index is 1.81. The van der Waals surface area contributed by atoms with Crippen LogP contribution < -0.4 is 5.32 Å². The van der Waals surface area contributed by atoms with Crippen molar-refractivity contribution >= 4 is 44.7 Å². The lowest BCUT2D eigenvalue weighted by Gasteiger charge is -2.07. The van der Waals surface area contributed by atoms with Crippen LogP contribution in [0, 0.1) is 6.92 Å². The van der Waals surface area contributed by atoms with E-state index in [-0.39, 0.29) is 5.28 Å². The van der Waals surface area contributed by atoms with Gasteiger partial charge in [0.25, 0.3) is 0 Å². The largest absolute Gasteiger partial charge is 0.340 e. The summed E-state index contributed by atoms with van der Waals surface area (Å²) in [5.41, 5.74) is 3.34. The lowest BCUT2D eigenvalue weighted by atomic mass is 10.2. The molecular formula is C19H14ClN3S. The molecule has 0 radical (unpaired) electrons. The van der Waals surface area contributed by atoms with Crippen LogP contribution in [0.2, 0.25) is 5.28 Å². The summed E-state index contributed by atoms with van der Waals surface area (Å²) in [6.07, 6.45) is 0. The number of rotatable bonds is 3. The molecule has 5 heteroatoms. The molecule has 0 fully saturated rings. The smallest absolute Gasteiger partial charge is 0.225 e. The van der Waals surface area contributed by atoms with Gasteiger partial charge < -0.3 is 5.32 Å². The van der Waals surface area contributed by atoms with Crippen LogP contribution >= 0.6 is 22.9 Å². The minimum atomic E-state index is 0.249. The molecule has 1 N–H and O–H groups in total. The predicted molar refractivity (Wildman–Crippen MR) is 102 cm³/mol. The maximum Gasteiger partial charge on any atom is 0.225 e. The number of nitrogens with zero attached hydrogens (tertiary/aromatic N) is 2. The van der Waals surface area contributed by atoms with Gasteiger partial charge in [0.15, 0.2) is 0 Å². The first-order valence-corrected chi connectivity index (χ1v) is 8.75. The van der Waals surface area contributed by atoms with Gasteiger partial charge in [0, 0.05) is 10.6 Å². The Bertz CT molecular complexity index is 1010. The molecule has 3 nitrogen and oxygen atoms in total. The zero-order chi connectivity index (χ0) is 16.5. The molecule has 0 atom stereocenters. The van der Waals surface area contributed by atoms with E-state index in [9.17, 15) is 0 Å². The number of hydrogen-bond donors (Lipinski definition) is 1. The van der Waals surface area contributed by atoms with E-state index in [2.05, 4.69) is 52.5 Å². The quantitative estimate of drug-likeness (QED) is 0.455. The van der Waals surface area contributed by atoms with Crippen molar-refractivity contribution in [2.75, 3.05) is 5.32 Å². The molecule has 0 spiro atoms. The average Bonchev–Trinajstić information content (AvgIpc) is 3.00. The highest BCUT2D eigenvalue weighted by atomic mass is 35.5. The number of fused-ring (bicyclic) bond motifs is 1. The summed E-state index contributed by atoms with van der Waals surface area (Å²) in [6.45, 7) is 2.06. The number of aromatic nitrogens is 2. The van der Waals surface area contributed by atoms with Crippen LogP contribution in [-0.2, 0) is 0 Å². The van der Waals surface area contributed by atoms with Crippen LogP contribution in [0.15, 0.2) is 60.7 Å². The molecule has 2 aromatic carbocycles. The number of aryl methyl sites for hydroxylation is 1. The molecule has 0 amide bonds. The van der Waals surface area contributed by atoms with Crippen molar-refractivity contribution < 1.29 is 0 Å². The van der Waals surface area contributed by atoms with Gasteiger partial charge in [0.2, 0.25) is 5.28 Å². The number of hydrogen-bond acceptors (Lipinski definition) is 4. The van der Waals surface area contributed by atoms with Gasteiger partial charge in [0.05, 0.1) is 5.39 Å². The molecule has 0 saturated heterocycles. The molecule has 0 aliphatic heterocycles. The summed E-state index contributed by atoms with van der Waals surface area (Å²) in [6, 6.07) is 20.5. The minimum Gasteiger partial charge on any atom is -0.340 e. The van der Waals surface area contributed by atoms with E-state index >= 15 is 0 Å². The van der Waals surface area contributed by atoms with Crippen LogP contribution in [-0.4, -0.2) is 9.97 Å². The van der Waals surface area contributed by atoms with Crippen LogP contribution in [0.5, 0.6) is 0 Å². The molecule has 4 aromatic rings. The van der Waals surface area contributed by atoms with Gasteiger partial charge in [-0.3, -0.25) is 0 Å². The fourth-order valence-corrected chi connectivity index (χ4v) is 3.85. The van der Waals surface area contributed by atoms with Crippen molar-refractivity contribution in [3.8, 4) is 10.4 Å². The fourth-order valence-electron chi connectivity index (χ4n) is 2.59. The average molecular weight is 352 g/mol. The van der Waals surface area contributed by atoms with Gasteiger partial charge in [-0.05, 0) is 47.9 Å². The zero-order valence-corrected chi connectivity index (χ0v) is 14.5. The zero-order valence-electron chi connectivity index (χ0n) is 13.0. The molecule has 0 aliphatic carbocycles. The summed E-state index contributed by atoms with van der Waals surface area (Å²) < 4.78 is 0. The summed E-state index contributed by atoms with van der Waals surface area (Å²) in [7, 11) is 0. The van der Waals surface area contributed by atoms with Crippen molar-refractivity contribution in [3.05, 3.63) is 71.5 Å². The Kier molecular flexibility index (Phi) is 3.92. The summed E-state index contributed by atoms with van der Waals surface area (Å²) in [5, 5.41) is 4.59. The Morgan fingerprint density at radius 2 is 1.79 bits per heavy atom. The standard InChI is InChI=1S/C19H14ClN3S/c1-12-6-5-9-14(10-12)21-17-15-11-16(13-7-3-2-4-8-13)24-18(15)23-19(20)22-17/h2-11H,1H3,(H,21,22,23). The van der Waals surface area contributed by atoms with E-state index in [1.165, 1.54) is 5.56 Å². The molecule has 0 aliphatic rings. The van der Waals surface area contributed by atoms with Gasteiger partial charge in [-0.25, -0.2) is 4.98 Å². The van der Waals surface area contributed by atoms with Crippen molar-refractivity contribution in [2.45, 2.75) is 6.92 Å². The number of anilines is 2. The Hall–Kier alpha value is -2.43. The third-order valence-electron chi connectivity index (χ3n) is 3.70. The summed E-state index contributed by atoms with van der Waals surface area (Å²) in [5.74, 6) is 0.731. The van der Waals surface area contributed by atoms with E-state index in [1.54, 1.807) is 11.3 Å². The number of nitrogens with one attached hydrogen (secondary N) is 1. The first kappa shape index (κ1) is 15.1. The number of benzene rings is 2. The van der Waals surface area contributed by atoms with Crippen LogP contribution in [0.3, 0.4) is 0 Å². The second-order valence-electron chi connectivity index (χ2n) is 5.53. The highest BCUT2D eigenvalue weighted by molar-refractivity contribution is 7.22. The Labute approximate surface area is 149 Å². The van der Waals surface area contributed by atoms with Crippen LogP contribution in [0.4, 0.5) is 11.5 Å². The third kappa shape index (κ3) is 2.98. The topological polar surface area (TPSA) is 37.8 Å². The lowest BCUT2D eigenvalue weighted by Crippen LogP contribution is -1.96. The van der Waals surface area contributed by atoms with Gasteiger partial charge in [-0.2, -0.15) is 4.98 Å². The molecule has 0 saturated carbocycles. The predicted octanol–water partition coefficient (Wildman–Crippen LogP) is 6.06. The monoisotopic (exact) mass is 351 g/mol. The SMILES string of the molecule is Cc1cccc(Nc2nc(Cl)nc3sc(-c4ccccc4)cc23)c1. The fraction of sp³-hybridized carbons (Fsp3) is 0.0526. The van der Waals surface area contributed by atoms with Gasteiger partial charge >= 0.3 is 0 Å². The summed E-state index contributed by atoms with van der Waals surface area (Å²) in [4.78, 5) is 10.8. The molecule has 0 unspecified atom stereocenters. The van der Waals surface area contributed by atoms with Gasteiger partial charge in [-0.15, -0.1) is 11.3 Å². The molecule has 2 aromatic heterocycles. The maximum absolute atomic E-state index is 6.12. The van der Waals surface area contributed by atoms with Crippen molar-refractivity contribution in [2.24, 2.45) is 0 Å². The molecule has 24 heavy (non-hydrogen) atoms. The van der Waals surface area contributed by atoms with Crippen molar-refractivity contribution in [1.82, 2.24) is 9.97 Å². The maximum atomic E-state index is 6.12. The van der Waals surface area contributed by atoms with E-state index in [4.69, 9.17) is 11.6 Å². The highest BCUT2D eigenvalue weighted by Crippen LogP contribution is 2.36. The highest BCUT2D eigenvalue weighted by Gasteiger charge is 2.12. The van der Waals surface area contributed by atoms with Crippen LogP contribution in [0.25, 0.3) is 20.7 Å². The number of thiophene rings is 1. The van der Waals surface area contributed by atoms with E-state index in [0.29, 0.717) is 0 Å². The van der Waals surface area contributed by atoms with Crippen molar-refractivity contribution in [3.63, 3.8) is 0 Å². The van der Waals surface area contributed by atoms with E-state index < -0.39 is 0 Å². The molecule has 2 heterocycles. The molecule has 0 bridgehead atoms. The normalized spacial score (nSPS) is 10.9. The number of halogens is 1. The first-order valence-electron chi connectivity index (χ1n) is 7.55. The summed E-state index contributed by atoms with van der Waals surface area (Å²) >= 11 is 7.74. The van der Waals surface area contributed by atoms with Crippen LogP contribution in [0.1, 0.15) is 5.56 Å². The Morgan fingerprint density at radius 3 is 2.58 bits per heavy atom. The minimum absolute atomic E-state index is 0.249. The van der Waals surface area contributed by atoms with E-state index in [1.807, 2.05) is 30.3 Å². The molecule has 118 valence electrons. The van der Waals surface area contributed by atoms with Gasteiger partial charge in [-0.1, -0.05) is 42.5 Å². The van der Waals surface area contributed by atoms with Gasteiger partial charge in [0.1, 0.15) is 10.6 Å². The Morgan fingerprint density at radius 1 is 0.958 bits per heavy atom. The lowest BCUT2D eigenvalue weighted by molar-refractivity contribution is 1.23. The molecular weight excluding hydrogens is 338 g/mol. The second-order valence-corrected chi connectivity index (χ2v) is 6.90. The first-order chi connectivity index (χ1) is 11.7. The molecule has 4 rings (SSSR count). The van der Waals surface area contributed by atoms with Crippen molar-refractivity contribution in [1.29, 1.82) is 0 Å². The third-order valence-corrected chi connectivity index (χ3v) is 4.95. The second kappa shape index (κ2) is 6.23. The van der Waals surface area contributed by atoms with E-state index in [0.717, 1.165) is 32.2 Å².